The zero-order valence-electron chi connectivity index (χ0n) is 19.0. The van der Waals surface area contributed by atoms with E-state index in [1.54, 1.807) is 0 Å². The van der Waals surface area contributed by atoms with Gasteiger partial charge in [0.05, 0.1) is 0 Å². The molecule has 0 amide bonds. The van der Waals surface area contributed by atoms with Crippen molar-refractivity contribution in [2.45, 2.75) is 49.4 Å². The van der Waals surface area contributed by atoms with Crippen LogP contribution in [0.2, 0.25) is 9.85 Å². The molecular weight excluding hydrogens is 479 g/mol. The molecule has 1 fully saturated rings. The van der Waals surface area contributed by atoms with Gasteiger partial charge in [-0.15, -0.1) is 0 Å². The van der Waals surface area contributed by atoms with E-state index in [1.165, 1.54) is 14.8 Å². The molecule has 0 aliphatic carbocycles. The Kier molecular flexibility index (Phi) is 7.36. The van der Waals surface area contributed by atoms with Gasteiger partial charge in [0.1, 0.15) is 0 Å². The van der Waals surface area contributed by atoms with E-state index in [1.807, 2.05) is 6.07 Å². The van der Waals surface area contributed by atoms with E-state index in [0.29, 0.717) is 6.61 Å². The third kappa shape index (κ3) is 4.94. The van der Waals surface area contributed by atoms with Crippen LogP contribution in [-0.4, -0.2) is 47.4 Å². The van der Waals surface area contributed by atoms with Crippen LogP contribution in [-0.2, 0) is 9.16 Å². The molecule has 0 aromatic heterocycles. The summed E-state index contributed by atoms with van der Waals surface area (Å²) in [5.74, 6) is 0. The summed E-state index contributed by atoms with van der Waals surface area (Å²) in [5, 5.41) is 13.1. The number of ether oxygens (including phenoxy) is 1. The first-order valence-corrected chi connectivity index (χ1v) is 15.0. The summed E-state index contributed by atoms with van der Waals surface area (Å²) in [5.41, 5.74) is 0. The minimum atomic E-state index is -2.59. The van der Waals surface area contributed by atoms with Crippen molar-refractivity contribution in [3.05, 3.63) is 91.0 Å². The molecule has 1 saturated heterocycles. The standard InChI is InChI=1S/C27H32O3SeSi/c1-27(2,3)32(23-15-9-5-10-16-23,24-17-11-6-12-18-24)29-20-21-19-25(26(28)30-21)31-22-13-7-4-8-14-22/h4-18,21,25-26,28H,19-20H2,1-3H3/t21-,25+,26?/m0/s1. The van der Waals surface area contributed by atoms with Gasteiger partial charge in [-0.2, -0.15) is 0 Å². The summed E-state index contributed by atoms with van der Waals surface area (Å²) in [7, 11) is -2.59. The van der Waals surface area contributed by atoms with E-state index < -0.39 is 14.6 Å². The van der Waals surface area contributed by atoms with Crippen LogP contribution in [0.5, 0.6) is 0 Å². The van der Waals surface area contributed by atoms with E-state index in [2.05, 4.69) is 106 Å². The molecular formula is C27H32O3SeSi. The number of aliphatic hydroxyl groups is 1. The molecule has 3 aromatic carbocycles. The Morgan fingerprint density at radius 2 is 1.38 bits per heavy atom. The van der Waals surface area contributed by atoms with Crippen LogP contribution in [0.3, 0.4) is 0 Å². The Balaban J connectivity index is 1.57. The number of hydrogen-bond donors (Lipinski definition) is 1. The summed E-state index contributed by atoms with van der Waals surface area (Å²) >= 11 is 0.173. The first-order valence-electron chi connectivity index (χ1n) is 11.2. The third-order valence-electron chi connectivity index (χ3n) is 6.08. The van der Waals surface area contributed by atoms with Crippen LogP contribution >= 0.6 is 0 Å². The Bertz CT molecular complexity index is 937. The fourth-order valence-corrected chi connectivity index (χ4v) is 11.6. The number of benzene rings is 3. The van der Waals surface area contributed by atoms with Crippen molar-refractivity contribution in [2.24, 2.45) is 0 Å². The summed E-state index contributed by atoms with van der Waals surface area (Å²) in [6, 6.07) is 31.8. The fourth-order valence-electron chi connectivity index (χ4n) is 4.58. The molecule has 0 saturated carbocycles. The molecule has 0 radical (unpaired) electrons. The number of rotatable bonds is 7. The van der Waals surface area contributed by atoms with Gasteiger partial charge in [0.2, 0.25) is 0 Å². The van der Waals surface area contributed by atoms with E-state index in [4.69, 9.17) is 9.16 Å². The molecule has 0 spiro atoms. The summed E-state index contributed by atoms with van der Waals surface area (Å²) in [4.78, 5) is 0.151. The molecule has 3 aromatic rings. The average Bonchev–Trinajstić information content (AvgIpc) is 3.14. The van der Waals surface area contributed by atoms with Crippen molar-refractivity contribution >= 4 is 38.1 Å². The second-order valence-electron chi connectivity index (χ2n) is 9.33. The molecule has 0 bridgehead atoms. The summed E-state index contributed by atoms with van der Waals surface area (Å²) in [6.07, 6.45) is 0.0130. The first kappa shape index (κ1) is 23.4. The van der Waals surface area contributed by atoms with Crippen molar-refractivity contribution < 1.29 is 14.3 Å². The van der Waals surface area contributed by atoms with Gasteiger partial charge in [-0.1, -0.05) is 0 Å². The third-order valence-corrected chi connectivity index (χ3v) is 13.8. The maximum absolute atomic E-state index is 10.6. The SMILES string of the molecule is CC(C)(C)[Si](OC[C@@H]1C[C@@H]([Se]c2ccccc2)C(O)O1)(c1ccccc1)c1ccccc1. The van der Waals surface area contributed by atoms with Crippen LogP contribution in [0.1, 0.15) is 27.2 Å². The normalized spacial score (nSPS) is 21.6. The van der Waals surface area contributed by atoms with Crippen molar-refractivity contribution in [1.29, 1.82) is 0 Å². The molecule has 4 rings (SSSR count). The Morgan fingerprint density at radius 1 is 0.875 bits per heavy atom. The van der Waals surface area contributed by atoms with E-state index in [0.717, 1.165) is 6.42 Å². The van der Waals surface area contributed by atoms with Crippen LogP contribution in [0.4, 0.5) is 0 Å². The molecule has 32 heavy (non-hydrogen) atoms. The number of hydrogen-bond acceptors (Lipinski definition) is 3. The van der Waals surface area contributed by atoms with Gasteiger partial charge >= 0.3 is 199 Å². The van der Waals surface area contributed by atoms with Crippen molar-refractivity contribution in [2.75, 3.05) is 6.61 Å². The topological polar surface area (TPSA) is 38.7 Å². The molecule has 1 aliphatic rings. The summed E-state index contributed by atoms with van der Waals surface area (Å²) < 4.78 is 14.3. The average molecular weight is 512 g/mol. The molecule has 1 aliphatic heterocycles. The zero-order valence-corrected chi connectivity index (χ0v) is 21.7. The first-order chi connectivity index (χ1) is 15.4. The molecule has 3 atom stereocenters. The molecule has 168 valence electrons. The maximum atomic E-state index is 10.6. The Hall–Kier alpha value is -1.72. The molecule has 1 heterocycles. The second-order valence-corrected chi connectivity index (χ2v) is 16.4. The molecule has 3 nitrogen and oxygen atoms in total. The Morgan fingerprint density at radius 3 is 1.88 bits per heavy atom. The number of aliphatic hydroxyl groups excluding tert-OH is 1. The van der Waals surface area contributed by atoms with E-state index >= 15 is 0 Å². The van der Waals surface area contributed by atoms with Gasteiger partial charge in [0.25, 0.3) is 0 Å². The predicted molar refractivity (Wildman–Crippen MR) is 135 cm³/mol. The van der Waals surface area contributed by atoms with Crippen molar-refractivity contribution in [1.82, 2.24) is 0 Å². The molecule has 1 N–H and O–H groups in total. The second kappa shape index (κ2) is 10.0. The monoisotopic (exact) mass is 512 g/mol. The van der Waals surface area contributed by atoms with Crippen molar-refractivity contribution in [3.63, 3.8) is 0 Å². The van der Waals surface area contributed by atoms with E-state index in [9.17, 15) is 5.11 Å². The molecule has 1 unspecified atom stereocenters. The van der Waals surface area contributed by atoms with Gasteiger partial charge < -0.3 is 0 Å². The van der Waals surface area contributed by atoms with Crippen LogP contribution in [0.15, 0.2) is 91.0 Å². The van der Waals surface area contributed by atoms with E-state index in [-0.39, 0.29) is 30.9 Å². The predicted octanol–water partition coefficient (Wildman–Crippen LogP) is 3.49. The van der Waals surface area contributed by atoms with Gasteiger partial charge in [-0.3, -0.25) is 0 Å². The fraction of sp³-hybridized carbons (Fsp3) is 0.333. The van der Waals surface area contributed by atoms with Crippen LogP contribution in [0, 0.1) is 0 Å². The Labute approximate surface area is 199 Å². The summed E-state index contributed by atoms with van der Waals surface area (Å²) in [6.45, 7) is 7.34. The van der Waals surface area contributed by atoms with Gasteiger partial charge in [0.15, 0.2) is 0 Å². The molecule has 5 heteroatoms. The van der Waals surface area contributed by atoms with Gasteiger partial charge in [-0.05, 0) is 0 Å². The van der Waals surface area contributed by atoms with Crippen molar-refractivity contribution in [3.8, 4) is 0 Å². The van der Waals surface area contributed by atoms with Crippen LogP contribution in [0.25, 0.3) is 0 Å². The van der Waals surface area contributed by atoms with Crippen LogP contribution < -0.4 is 14.8 Å². The van der Waals surface area contributed by atoms with Gasteiger partial charge in [-0.25, -0.2) is 0 Å². The zero-order chi connectivity index (χ0) is 22.6. The minimum absolute atomic E-state index is 0.0691. The van der Waals surface area contributed by atoms with Gasteiger partial charge in [0, 0.05) is 0 Å². The quantitative estimate of drug-likeness (QED) is 0.494.